The molecule has 19 heavy (non-hydrogen) atoms. The van der Waals surface area contributed by atoms with E-state index in [1.54, 1.807) is 12.1 Å². The van der Waals surface area contributed by atoms with Crippen LogP contribution in [0.2, 0.25) is 0 Å². The number of carboxylic acids is 1. The summed E-state index contributed by atoms with van der Waals surface area (Å²) < 4.78 is 0.752. The maximum absolute atomic E-state index is 11.2. The first kappa shape index (κ1) is 14.1. The Hall–Kier alpha value is -1.27. The van der Waals surface area contributed by atoms with Crippen LogP contribution in [0.4, 0.5) is 11.4 Å². The van der Waals surface area contributed by atoms with E-state index in [0.717, 1.165) is 23.1 Å². The highest BCUT2D eigenvalue weighted by atomic mass is 79.9. The van der Waals surface area contributed by atoms with Crippen molar-refractivity contribution in [1.82, 2.24) is 0 Å². The highest BCUT2D eigenvalue weighted by Gasteiger charge is 2.32. The monoisotopic (exact) mass is 328 g/mol. The first-order valence-corrected chi connectivity index (χ1v) is 6.94. The van der Waals surface area contributed by atoms with Crippen LogP contribution in [0.25, 0.3) is 0 Å². The molecule has 2 rings (SSSR count). The van der Waals surface area contributed by atoms with Crippen molar-refractivity contribution >= 4 is 33.3 Å². The molecule has 0 spiro atoms. The van der Waals surface area contributed by atoms with Gasteiger partial charge in [-0.2, -0.15) is 0 Å². The zero-order chi connectivity index (χ0) is 14.2. The standard InChI is InChI=1S/C13H17BrN2O3/c1-7-2-3-16(12(7)6-17)11-4-8(13(18)19)10(15)5-9(11)14/h4-5,7,12,17H,2-3,6,15H2,1H3,(H,18,19). The summed E-state index contributed by atoms with van der Waals surface area (Å²) in [5.41, 5.74) is 6.80. The minimum absolute atomic E-state index is 0.0153. The summed E-state index contributed by atoms with van der Waals surface area (Å²) in [4.78, 5) is 13.2. The minimum atomic E-state index is -1.04. The molecule has 0 radical (unpaired) electrons. The number of nitrogen functional groups attached to an aromatic ring is 1. The van der Waals surface area contributed by atoms with Gasteiger partial charge in [0.2, 0.25) is 0 Å². The molecule has 1 saturated heterocycles. The van der Waals surface area contributed by atoms with Gasteiger partial charge < -0.3 is 20.8 Å². The Kier molecular flexibility index (Phi) is 4.01. The van der Waals surface area contributed by atoms with Gasteiger partial charge in [-0.15, -0.1) is 0 Å². The number of hydrogen-bond donors (Lipinski definition) is 3. The molecular weight excluding hydrogens is 312 g/mol. The lowest BCUT2D eigenvalue weighted by Crippen LogP contribution is -2.35. The average Bonchev–Trinajstić information content (AvgIpc) is 2.70. The lowest BCUT2D eigenvalue weighted by Gasteiger charge is -2.28. The minimum Gasteiger partial charge on any atom is -0.478 e. The molecule has 1 aliphatic rings. The first-order valence-electron chi connectivity index (χ1n) is 6.15. The van der Waals surface area contributed by atoms with E-state index in [1.807, 2.05) is 4.90 Å². The average molecular weight is 329 g/mol. The molecule has 2 unspecified atom stereocenters. The SMILES string of the molecule is CC1CCN(c2cc(C(=O)O)c(N)cc2Br)C1CO. The van der Waals surface area contributed by atoms with Crippen LogP contribution in [0.3, 0.4) is 0 Å². The fourth-order valence-electron chi connectivity index (χ4n) is 2.57. The van der Waals surface area contributed by atoms with Crippen LogP contribution in [-0.2, 0) is 0 Å². The maximum Gasteiger partial charge on any atom is 0.337 e. The molecular formula is C13H17BrN2O3. The smallest absolute Gasteiger partial charge is 0.337 e. The first-order chi connectivity index (χ1) is 8.95. The van der Waals surface area contributed by atoms with Gasteiger partial charge in [0.25, 0.3) is 0 Å². The molecule has 0 aromatic heterocycles. The molecule has 0 bridgehead atoms. The van der Waals surface area contributed by atoms with E-state index in [2.05, 4.69) is 22.9 Å². The summed E-state index contributed by atoms with van der Waals surface area (Å²) in [6.07, 6.45) is 0.977. The molecule has 5 nitrogen and oxygen atoms in total. The normalized spacial score (nSPS) is 22.8. The van der Waals surface area contributed by atoms with E-state index in [-0.39, 0.29) is 23.9 Å². The topological polar surface area (TPSA) is 86.8 Å². The Labute approximate surface area is 120 Å². The Morgan fingerprint density at radius 3 is 2.84 bits per heavy atom. The van der Waals surface area contributed by atoms with E-state index >= 15 is 0 Å². The molecule has 104 valence electrons. The number of benzene rings is 1. The van der Waals surface area contributed by atoms with Crippen LogP contribution in [0.1, 0.15) is 23.7 Å². The summed E-state index contributed by atoms with van der Waals surface area (Å²) in [6.45, 7) is 2.94. The summed E-state index contributed by atoms with van der Waals surface area (Å²) in [7, 11) is 0. The number of aliphatic hydroxyl groups is 1. The number of carbonyl (C=O) groups is 1. The fraction of sp³-hybridized carbons (Fsp3) is 0.462. The van der Waals surface area contributed by atoms with Gasteiger partial charge in [-0.3, -0.25) is 0 Å². The van der Waals surface area contributed by atoms with Crippen LogP contribution >= 0.6 is 15.9 Å². The van der Waals surface area contributed by atoms with E-state index in [4.69, 9.17) is 10.8 Å². The second-order valence-corrected chi connectivity index (χ2v) is 5.76. The fourth-order valence-corrected chi connectivity index (χ4v) is 3.16. The number of nitrogens with two attached hydrogens (primary N) is 1. The molecule has 6 heteroatoms. The number of anilines is 2. The molecule has 1 aromatic carbocycles. The molecule has 1 aromatic rings. The number of carboxylic acid groups (broad SMARTS) is 1. The molecule has 0 aliphatic carbocycles. The maximum atomic E-state index is 11.2. The summed E-state index contributed by atoms with van der Waals surface area (Å²) in [5.74, 6) is -0.665. The Morgan fingerprint density at radius 1 is 1.58 bits per heavy atom. The number of rotatable bonds is 3. The van der Waals surface area contributed by atoms with Crippen molar-refractivity contribution in [2.24, 2.45) is 5.92 Å². The predicted octanol–water partition coefficient (Wildman–Crippen LogP) is 1.94. The summed E-state index contributed by atoms with van der Waals surface area (Å²) in [5, 5.41) is 18.6. The Morgan fingerprint density at radius 2 is 2.26 bits per heavy atom. The van der Waals surface area contributed by atoms with Gasteiger partial charge >= 0.3 is 5.97 Å². The van der Waals surface area contributed by atoms with Gasteiger partial charge in [0.1, 0.15) is 0 Å². The van der Waals surface area contributed by atoms with Crippen molar-refractivity contribution in [1.29, 1.82) is 0 Å². The molecule has 1 heterocycles. The molecule has 4 N–H and O–H groups in total. The molecule has 0 amide bonds. The van der Waals surface area contributed by atoms with Gasteiger partial charge in [-0.25, -0.2) is 4.79 Å². The van der Waals surface area contributed by atoms with Crippen molar-refractivity contribution in [3.63, 3.8) is 0 Å². The number of nitrogens with zero attached hydrogens (tertiary/aromatic N) is 1. The lowest BCUT2D eigenvalue weighted by atomic mass is 10.0. The van der Waals surface area contributed by atoms with Crippen LogP contribution < -0.4 is 10.6 Å². The molecule has 1 aliphatic heterocycles. The van der Waals surface area contributed by atoms with Gasteiger partial charge in [-0.05, 0) is 40.4 Å². The lowest BCUT2D eigenvalue weighted by molar-refractivity contribution is 0.0698. The molecule has 2 atom stereocenters. The third kappa shape index (κ3) is 2.55. The molecule has 1 fully saturated rings. The Balaban J connectivity index is 2.45. The molecule has 0 saturated carbocycles. The quantitative estimate of drug-likeness (QED) is 0.738. The second-order valence-electron chi connectivity index (χ2n) is 4.91. The van der Waals surface area contributed by atoms with E-state index in [0.29, 0.717) is 5.92 Å². The summed E-state index contributed by atoms with van der Waals surface area (Å²) in [6, 6.07) is 3.19. The van der Waals surface area contributed by atoms with E-state index in [9.17, 15) is 9.90 Å². The van der Waals surface area contributed by atoms with Crippen molar-refractivity contribution in [2.45, 2.75) is 19.4 Å². The highest BCUT2D eigenvalue weighted by molar-refractivity contribution is 9.10. The van der Waals surface area contributed by atoms with Gasteiger partial charge in [-0.1, -0.05) is 6.92 Å². The van der Waals surface area contributed by atoms with Crippen LogP contribution in [0.5, 0.6) is 0 Å². The Bertz CT molecular complexity index is 507. The zero-order valence-electron chi connectivity index (χ0n) is 10.6. The van der Waals surface area contributed by atoms with Crippen molar-refractivity contribution in [3.8, 4) is 0 Å². The van der Waals surface area contributed by atoms with Crippen LogP contribution in [-0.4, -0.2) is 35.4 Å². The number of halogens is 1. The largest absolute Gasteiger partial charge is 0.478 e. The van der Waals surface area contributed by atoms with Crippen molar-refractivity contribution in [2.75, 3.05) is 23.8 Å². The van der Waals surface area contributed by atoms with Crippen LogP contribution in [0.15, 0.2) is 16.6 Å². The zero-order valence-corrected chi connectivity index (χ0v) is 12.2. The van der Waals surface area contributed by atoms with E-state index < -0.39 is 5.97 Å². The van der Waals surface area contributed by atoms with Gasteiger partial charge in [0, 0.05) is 16.7 Å². The van der Waals surface area contributed by atoms with E-state index in [1.165, 1.54) is 0 Å². The highest BCUT2D eigenvalue weighted by Crippen LogP contribution is 2.37. The number of aliphatic hydroxyl groups excluding tert-OH is 1. The number of hydrogen-bond acceptors (Lipinski definition) is 4. The summed E-state index contributed by atoms with van der Waals surface area (Å²) >= 11 is 3.42. The van der Waals surface area contributed by atoms with Gasteiger partial charge in [0.15, 0.2) is 0 Å². The predicted molar refractivity (Wildman–Crippen MR) is 77.5 cm³/mol. The van der Waals surface area contributed by atoms with Crippen molar-refractivity contribution in [3.05, 3.63) is 22.2 Å². The van der Waals surface area contributed by atoms with Gasteiger partial charge in [0.05, 0.1) is 23.9 Å². The second kappa shape index (κ2) is 5.38. The number of aromatic carboxylic acids is 1. The third-order valence-electron chi connectivity index (χ3n) is 3.73. The van der Waals surface area contributed by atoms with Crippen LogP contribution in [0, 0.1) is 5.92 Å². The van der Waals surface area contributed by atoms with Crippen molar-refractivity contribution < 1.29 is 15.0 Å². The third-order valence-corrected chi connectivity index (χ3v) is 4.36.